The van der Waals surface area contributed by atoms with E-state index in [1.165, 1.54) is 4.88 Å². The topological polar surface area (TPSA) is 60.3 Å². The van der Waals surface area contributed by atoms with Gasteiger partial charge in [-0.15, -0.1) is 11.3 Å². The molecule has 2 aliphatic rings. The number of aliphatic hydroxyl groups excluding tert-OH is 1. The van der Waals surface area contributed by atoms with E-state index in [-0.39, 0.29) is 6.10 Å². The number of morpholine rings is 1. The lowest BCUT2D eigenvalue weighted by Crippen LogP contribution is -2.42. The van der Waals surface area contributed by atoms with Crippen LogP contribution in [0.5, 0.6) is 0 Å². The second kappa shape index (κ2) is 8.80. The van der Waals surface area contributed by atoms with Crippen LogP contribution in [0.4, 0.5) is 0 Å². The molecule has 3 heterocycles. The van der Waals surface area contributed by atoms with Crippen molar-refractivity contribution in [2.45, 2.75) is 25.5 Å². The normalized spacial score (nSPS) is 24.3. The number of ether oxygens (including phenoxy) is 1. The number of thiophene rings is 1. The van der Waals surface area contributed by atoms with E-state index in [1.807, 2.05) is 0 Å². The number of rotatable bonds is 5. The molecule has 0 aliphatic carbocycles. The van der Waals surface area contributed by atoms with Crippen LogP contribution in [0.25, 0.3) is 0 Å². The standard InChI is InChI=1S/C17H28N4O2S/c1-2-18-17(21-6-5-14(22)13-21)19-12-15(16-4-3-11-24-16)20-7-9-23-10-8-20/h3-4,11,14-15,22H,2,5-10,12-13H2,1H3,(H,18,19)/t14-,15?/m1/s1. The molecule has 0 bridgehead atoms. The zero-order valence-corrected chi connectivity index (χ0v) is 15.2. The minimum atomic E-state index is -0.235. The second-order valence-corrected chi connectivity index (χ2v) is 7.24. The fourth-order valence-electron chi connectivity index (χ4n) is 3.29. The lowest BCUT2D eigenvalue weighted by atomic mass is 10.2. The molecule has 1 aromatic heterocycles. The Morgan fingerprint density at radius 3 is 2.92 bits per heavy atom. The Hall–Kier alpha value is -1.15. The Labute approximate surface area is 148 Å². The summed E-state index contributed by atoms with van der Waals surface area (Å²) in [7, 11) is 0. The van der Waals surface area contributed by atoms with Gasteiger partial charge in [-0.3, -0.25) is 9.89 Å². The third-order valence-electron chi connectivity index (χ3n) is 4.57. The van der Waals surface area contributed by atoms with Crippen LogP contribution in [-0.2, 0) is 4.74 Å². The van der Waals surface area contributed by atoms with Gasteiger partial charge in [0.25, 0.3) is 0 Å². The van der Waals surface area contributed by atoms with Crippen molar-refractivity contribution in [2.75, 3.05) is 52.5 Å². The lowest BCUT2D eigenvalue weighted by molar-refractivity contribution is 0.0186. The number of likely N-dealkylation sites (tertiary alicyclic amines) is 1. The van der Waals surface area contributed by atoms with E-state index in [0.717, 1.165) is 58.3 Å². The van der Waals surface area contributed by atoms with Crippen LogP contribution < -0.4 is 5.32 Å². The largest absolute Gasteiger partial charge is 0.391 e. The summed E-state index contributed by atoms with van der Waals surface area (Å²) in [6.45, 7) is 8.70. The van der Waals surface area contributed by atoms with Gasteiger partial charge in [-0.2, -0.15) is 0 Å². The first-order chi connectivity index (χ1) is 11.8. The number of guanidine groups is 1. The summed E-state index contributed by atoms with van der Waals surface area (Å²) in [5.74, 6) is 0.920. The minimum Gasteiger partial charge on any atom is -0.391 e. The molecule has 0 amide bonds. The summed E-state index contributed by atoms with van der Waals surface area (Å²) in [6, 6.07) is 4.61. The zero-order valence-electron chi connectivity index (χ0n) is 14.4. The van der Waals surface area contributed by atoms with Crippen LogP contribution in [0.2, 0.25) is 0 Å². The number of hydrogen-bond acceptors (Lipinski definition) is 5. The molecule has 0 radical (unpaired) electrons. The van der Waals surface area contributed by atoms with Gasteiger partial charge >= 0.3 is 0 Å². The third kappa shape index (κ3) is 4.47. The average Bonchev–Trinajstić information content (AvgIpc) is 3.27. The highest BCUT2D eigenvalue weighted by Crippen LogP contribution is 2.26. The number of hydrogen-bond donors (Lipinski definition) is 2. The Bertz CT molecular complexity index is 517. The molecule has 0 saturated carbocycles. The Morgan fingerprint density at radius 1 is 1.46 bits per heavy atom. The molecule has 2 fully saturated rings. The predicted octanol–water partition coefficient (Wildman–Crippen LogP) is 1.15. The fourth-order valence-corrected chi connectivity index (χ4v) is 4.14. The van der Waals surface area contributed by atoms with E-state index in [2.05, 4.69) is 39.6 Å². The Balaban J connectivity index is 1.72. The van der Waals surface area contributed by atoms with Crippen LogP contribution >= 0.6 is 11.3 Å². The van der Waals surface area contributed by atoms with Gasteiger partial charge in [0.2, 0.25) is 0 Å². The smallest absolute Gasteiger partial charge is 0.194 e. The van der Waals surface area contributed by atoms with Gasteiger partial charge < -0.3 is 20.1 Å². The van der Waals surface area contributed by atoms with Gasteiger partial charge in [-0.25, -0.2) is 0 Å². The highest BCUT2D eigenvalue weighted by molar-refractivity contribution is 7.10. The van der Waals surface area contributed by atoms with Crippen molar-refractivity contribution in [3.63, 3.8) is 0 Å². The Morgan fingerprint density at radius 2 is 2.29 bits per heavy atom. The van der Waals surface area contributed by atoms with Crippen LogP contribution in [-0.4, -0.2) is 79.5 Å². The number of nitrogens with zero attached hydrogens (tertiary/aromatic N) is 3. The molecule has 2 aliphatic heterocycles. The minimum absolute atomic E-state index is 0.235. The van der Waals surface area contributed by atoms with E-state index < -0.39 is 0 Å². The van der Waals surface area contributed by atoms with E-state index >= 15 is 0 Å². The molecule has 1 aromatic rings. The molecule has 1 unspecified atom stereocenters. The van der Waals surface area contributed by atoms with Crippen LogP contribution in [0.15, 0.2) is 22.5 Å². The van der Waals surface area contributed by atoms with Crippen LogP contribution in [0.1, 0.15) is 24.3 Å². The molecule has 3 rings (SSSR count). The van der Waals surface area contributed by atoms with Gasteiger partial charge in [0.1, 0.15) is 0 Å². The van der Waals surface area contributed by atoms with Gasteiger partial charge in [0, 0.05) is 37.6 Å². The number of β-amino-alcohol motifs (C(OH)–C–C–N with tert-alkyl or cyclic N) is 1. The maximum atomic E-state index is 9.80. The average molecular weight is 353 g/mol. The molecular formula is C17H28N4O2S. The van der Waals surface area contributed by atoms with E-state index in [4.69, 9.17) is 9.73 Å². The molecule has 0 aromatic carbocycles. The van der Waals surface area contributed by atoms with Gasteiger partial charge in [0.05, 0.1) is 31.9 Å². The van der Waals surface area contributed by atoms with Crippen molar-refractivity contribution >= 4 is 17.3 Å². The molecule has 24 heavy (non-hydrogen) atoms. The number of nitrogens with one attached hydrogen (secondary N) is 1. The van der Waals surface area contributed by atoms with Crippen molar-refractivity contribution in [3.05, 3.63) is 22.4 Å². The first-order valence-corrected chi connectivity index (χ1v) is 9.72. The maximum Gasteiger partial charge on any atom is 0.194 e. The van der Waals surface area contributed by atoms with Crippen molar-refractivity contribution in [2.24, 2.45) is 4.99 Å². The van der Waals surface area contributed by atoms with E-state index in [9.17, 15) is 5.11 Å². The number of aliphatic imine (C=N–C) groups is 1. The first-order valence-electron chi connectivity index (χ1n) is 8.84. The lowest BCUT2D eigenvalue weighted by Gasteiger charge is -2.33. The summed E-state index contributed by atoms with van der Waals surface area (Å²) in [5.41, 5.74) is 0. The summed E-state index contributed by atoms with van der Waals surface area (Å²) in [4.78, 5) is 10.9. The van der Waals surface area contributed by atoms with Crippen molar-refractivity contribution < 1.29 is 9.84 Å². The summed E-state index contributed by atoms with van der Waals surface area (Å²) in [6.07, 6.45) is 0.587. The second-order valence-electron chi connectivity index (χ2n) is 6.26. The third-order valence-corrected chi connectivity index (χ3v) is 5.54. The molecule has 2 atom stereocenters. The van der Waals surface area contributed by atoms with Gasteiger partial charge in [0.15, 0.2) is 5.96 Å². The van der Waals surface area contributed by atoms with E-state index in [0.29, 0.717) is 12.6 Å². The first kappa shape index (κ1) is 17.7. The zero-order chi connectivity index (χ0) is 16.8. The summed E-state index contributed by atoms with van der Waals surface area (Å²) in [5, 5.41) is 15.3. The highest BCUT2D eigenvalue weighted by atomic mass is 32.1. The molecular weight excluding hydrogens is 324 g/mol. The SMILES string of the molecule is CCNC(=NCC(c1cccs1)N1CCOCC1)N1CC[C@@H](O)C1. The maximum absolute atomic E-state index is 9.80. The molecule has 7 heteroatoms. The Kier molecular flexibility index (Phi) is 6.48. The summed E-state index contributed by atoms with van der Waals surface area (Å²) >= 11 is 1.80. The summed E-state index contributed by atoms with van der Waals surface area (Å²) < 4.78 is 5.50. The van der Waals surface area contributed by atoms with Crippen molar-refractivity contribution in [3.8, 4) is 0 Å². The number of aliphatic hydroxyl groups is 1. The highest BCUT2D eigenvalue weighted by Gasteiger charge is 2.26. The molecule has 2 N–H and O–H groups in total. The predicted molar refractivity (Wildman–Crippen MR) is 97.6 cm³/mol. The van der Waals surface area contributed by atoms with Crippen LogP contribution in [0, 0.1) is 0 Å². The monoisotopic (exact) mass is 352 g/mol. The van der Waals surface area contributed by atoms with Gasteiger partial charge in [-0.1, -0.05) is 6.07 Å². The van der Waals surface area contributed by atoms with E-state index in [1.54, 1.807) is 11.3 Å². The van der Waals surface area contributed by atoms with Crippen molar-refractivity contribution in [1.82, 2.24) is 15.1 Å². The molecule has 134 valence electrons. The molecule has 2 saturated heterocycles. The van der Waals surface area contributed by atoms with Gasteiger partial charge in [-0.05, 0) is 24.8 Å². The molecule has 0 spiro atoms. The fraction of sp³-hybridized carbons (Fsp3) is 0.706. The quantitative estimate of drug-likeness (QED) is 0.615. The molecule has 6 nitrogen and oxygen atoms in total. The van der Waals surface area contributed by atoms with Crippen molar-refractivity contribution in [1.29, 1.82) is 0 Å². The van der Waals surface area contributed by atoms with Crippen LogP contribution in [0.3, 0.4) is 0 Å².